The Bertz CT molecular complexity index is 1020. The van der Waals surface area contributed by atoms with Crippen molar-refractivity contribution in [3.63, 3.8) is 0 Å². The topological polar surface area (TPSA) is 65.7 Å². The lowest BCUT2D eigenvalue weighted by Gasteiger charge is -2.31. The van der Waals surface area contributed by atoms with Gasteiger partial charge >= 0.3 is 0 Å². The van der Waals surface area contributed by atoms with Gasteiger partial charge in [0.15, 0.2) is 5.96 Å². The van der Waals surface area contributed by atoms with Crippen molar-refractivity contribution in [1.29, 1.82) is 0 Å². The first kappa shape index (κ1) is 25.0. The van der Waals surface area contributed by atoms with Crippen LogP contribution in [0, 0.1) is 12.8 Å². The number of fused-ring (bicyclic) bond motifs is 1. The van der Waals surface area contributed by atoms with Gasteiger partial charge in [0, 0.05) is 36.5 Å². The molecule has 2 N–H and O–H groups in total. The molecule has 3 heterocycles. The highest BCUT2D eigenvalue weighted by Crippen LogP contribution is 2.24. The molecule has 8 heteroatoms. The molecule has 0 radical (unpaired) electrons. The molecule has 1 aliphatic rings. The molecule has 1 fully saturated rings. The van der Waals surface area contributed by atoms with E-state index in [1.54, 1.807) is 11.3 Å². The molecule has 0 unspecified atom stereocenters. The maximum Gasteiger partial charge on any atom is 0.191 e. The van der Waals surface area contributed by atoms with E-state index >= 15 is 0 Å². The van der Waals surface area contributed by atoms with Gasteiger partial charge in [-0.2, -0.15) is 0 Å². The van der Waals surface area contributed by atoms with E-state index in [0.29, 0.717) is 12.5 Å². The number of para-hydroxylation sites is 1. The summed E-state index contributed by atoms with van der Waals surface area (Å²) >= 11 is 1.78. The first-order chi connectivity index (χ1) is 15.2. The molecule has 174 valence electrons. The molecule has 0 bridgehead atoms. The number of thiazole rings is 1. The summed E-state index contributed by atoms with van der Waals surface area (Å²) in [4.78, 5) is 11.6. The maximum atomic E-state index is 6.00. The van der Waals surface area contributed by atoms with Crippen molar-refractivity contribution in [3.8, 4) is 0 Å². The monoisotopic (exact) mass is 567 g/mol. The standard InChI is InChI=1S/C24H33N5OS.HI/c1-4-23-28-19(16-31-23)15-29-11-9-18(10-12-29)13-26-24(25-3)27-14-22-17(2)20-7-5-6-8-21(20)30-22;/h5-8,16,18H,4,9-15H2,1-3H3,(H2,25,26,27);1H. The maximum absolute atomic E-state index is 6.00. The van der Waals surface area contributed by atoms with E-state index in [9.17, 15) is 0 Å². The lowest BCUT2D eigenvalue weighted by molar-refractivity contribution is 0.176. The highest BCUT2D eigenvalue weighted by Gasteiger charge is 2.20. The molecule has 1 saturated heterocycles. The third-order valence-corrected chi connectivity index (χ3v) is 7.18. The van der Waals surface area contributed by atoms with E-state index in [1.807, 2.05) is 25.2 Å². The first-order valence-electron chi connectivity index (χ1n) is 11.2. The van der Waals surface area contributed by atoms with Crippen LogP contribution < -0.4 is 10.6 Å². The molecule has 0 atom stereocenters. The largest absolute Gasteiger partial charge is 0.459 e. The van der Waals surface area contributed by atoms with E-state index < -0.39 is 0 Å². The molecule has 1 aromatic carbocycles. The predicted octanol–water partition coefficient (Wildman–Crippen LogP) is 4.96. The third-order valence-electron chi connectivity index (χ3n) is 6.14. The summed E-state index contributed by atoms with van der Waals surface area (Å²) in [5.41, 5.74) is 3.36. The summed E-state index contributed by atoms with van der Waals surface area (Å²) in [5, 5.41) is 11.5. The van der Waals surface area contributed by atoms with Crippen LogP contribution in [0.15, 0.2) is 39.1 Å². The molecule has 0 aliphatic carbocycles. The van der Waals surface area contributed by atoms with Crippen LogP contribution in [0.3, 0.4) is 0 Å². The number of rotatable bonds is 7. The van der Waals surface area contributed by atoms with Crippen LogP contribution in [-0.2, 0) is 19.5 Å². The summed E-state index contributed by atoms with van der Waals surface area (Å²) < 4.78 is 6.00. The van der Waals surface area contributed by atoms with Crippen molar-refractivity contribution in [2.75, 3.05) is 26.7 Å². The molecule has 6 nitrogen and oxygen atoms in total. The predicted molar refractivity (Wildman–Crippen MR) is 144 cm³/mol. The quantitative estimate of drug-likeness (QED) is 0.240. The molecule has 1 aliphatic heterocycles. The van der Waals surface area contributed by atoms with Gasteiger partial charge in [0.25, 0.3) is 0 Å². The molecule has 3 aromatic rings. The number of nitrogens with zero attached hydrogens (tertiary/aromatic N) is 3. The molecular formula is C24H34IN5OS. The van der Waals surface area contributed by atoms with Gasteiger partial charge in [-0.1, -0.05) is 25.1 Å². The fourth-order valence-electron chi connectivity index (χ4n) is 4.18. The van der Waals surface area contributed by atoms with Gasteiger partial charge in [0.05, 0.1) is 17.2 Å². The number of benzene rings is 1. The second-order valence-electron chi connectivity index (χ2n) is 8.26. The number of aryl methyl sites for hydroxylation is 2. The lowest BCUT2D eigenvalue weighted by atomic mass is 9.97. The Labute approximate surface area is 211 Å². The van der Waals surface area contributed by atoms with Crippen molar-refractivity contribution in [2.45, 2.75) is 46.2 Å². The van der Waals surface area contributed by atoms with Crippen LogP contribution in [0.1, 0.15) is 41.8 Å². The summed E-state index contributed by atoms with van der Waals surface area (Å²) in [6, 6.07) is 8.18. The van der Waals surface area contributed by atoms with Crippen LogP contribution in [0.4, 0.5) is 0 Å². The zero-order chi connectivity index (χ0) is 21.6. The summed E-state index contributed by atoms with van der Waals surface area (Å²) in [7, 11) is 1.82. The Hall–Kier alpha value is -1.65. The van der Waals surface area contributed by atoms with Crippen molar-refractivity contribution < 1.29 is 4.42 Å². The Morgan fingerprint density at radius 3 is 2.72 bits per heavy atom. The first-order valence-corrected chi connectivity index (χ1v) is 12.1. The minimum Gasteiger partial charge on any atom is -0.459 e. The smallest absolute Gasteiger partial charge is 0.191 e. The van der Waals surface area contributed by atoms with Crippen LogP contribution in [0.2, 0.25) is 0 Å². The second kappa shape index (κ2) is 12.0. The molecule has 2 aromatic heterocycles. The number of guanidine groups is 1. The molecule has 0 amide bonds. The van der Waals surface area contributed by atoms with E-state index in [4.69, 9.17) is 9.40 Å². The molecular weight excluding hydrogens is 533 g/mol. The van der Waals surface area contributed by atoms with Crippen LogP contribution >= 0.6 is 35.3 Å². The summed E-state index contributed by atoms with van der Waals surface area (Å²) in [6.45, 7) is 9.11. The van der Waals surface area contributed by atoms with Crippen molar-refractivity contribution in [3.05, 3.63) is 51.7 Å². The number of nitrogens with one attached hydrogen (secondary N) is 2. The fraction of sp³-hybridized carbons (Fsp3) is 0.500. The fourth-order valence-corrected chi connectivity index (χ4v) is 4.92. The molecule has 4 rings (SSSR count). The number of aromatic nitrogens is 1. The Morgan fingerprint density at radius 1 is 1.25 bits per heavy atom. The van der Waals surface area contributed by atoms with Gasteiger partial charge in [0.1, 0.15) is 11.3 Å². The Kier molecular flexibility index (Phi) is 9.36. The second-order valence-corrected chi connectivity index (χ2v) is 9.20. The van der Waals surface area contributed by atoms with Crippen LogP contribution in [-0.4, -0.2) is 42.5 Å². The van der Waals surface area contributed by atoms with Crippen molar-refractivity contribution in [2.24, 2.45) is 10.9 Å². The number of halogens is 1. The number of hydrogen-bond donors (Lipinski definition) is 2. The SMILES string of the molecule is CCc1nc(CN2CCC(CNC(=NC)NCc3oc4ccccc4c3C)CC2)cs1.I. The average Bonchev–Trinajstić information content (AvgIpc) is 3.39. The Balaban J connectivity index is 0.00000289. The van der Waals surface area contributed by atoms with Crippen LogP contribution in [0.5, 0.6) is 0 Å². The van der Waals surface area contributed by atoms with Gasteiger partial charge in [-0.25, -0.2) is 4.98 Å². The minimum absolute atomic E-state index is 0. The minimum atomic E-state index is 0. The zero-order valence-corrected chi connectivity index (χ0v) is 22.3. The van der Waals surface area contributed by atoms with Gasteiger partial charge in [-0.05, 0) is 51.3 Å². The van der Waals surface area contributed by atoms with Crippen molar-refractivity contribution in [1.82, 2.24) is 20.5 Å². The van der Waals surface area contributed by atoms with Gasteiger partial charge in [-0.3, -0.25) is 9.89 Å². The molecule has 32 heavy (non-hydrogen) atoms. The molecule has 0 spiro atoms. The third kappa shape index (κ3) is 6.23. The van der Waals surface area contributed by atoms with Crippen molar-refractivity contribution >= 4 is 52.2 Å². The highest BCUT2D eigenvalue weighted by atomic mass is 127. The number of likely N-dealkylation sites (tertiary alicyclic amines) is 1. The van der Waals surface area contributed by atoms with Gasteiger partial charge in [0.2, 0.25) is 0 Å². The van der Waals surface area contributed by atoms with Gasteiger partial charge in [-0.15, -0.1) is 35.3 Å². The summed E-state index contributed by atoms with van der Waals surface area (Å²) in [5.74, 6) is 2.46. The van der Waals surface area contributed by atoms with E-state index in [0.717, 1.165) is 49.9 Å². The number of furan rings is 1. The number of hydrogen-bond acceptors (Lipinski definition) is 5. The molecule has 0 saturated carbocycles. The number of aliphatic imine (C=N–C) groups is 1. The Morgan fingerprint density at radius 2 is 2.03 bits per heavy atom. The van der Waals surface area contributed by atoms with E-state index in [-0.39, 0.29) is 24.0 Å². The normalized spacial score (nSPS) is 15.7. The van der Waals surface area contributed by atoms with Gasteiger partial charge < -0.3 is 15.1 Å². The zero-order valence-electron chi connectivity index (χ0n) is 19.2. The lowest BCUT2D eigenvalue weighted by Crippen LogP contribution is -2.42. The average molecular weight is 568 g/mol. The summed E-state index contributed by atoms with van der Waals surface area (Å²) in [6.07, 6.45) is 3.44. The number of piperidine rings is 1. The van der Waals surface area contributed by atoms with E-state index in [2.05, 4.69) is 45.8 Å². The van der Waals surface area contributed by atoms with E-state index in [1.165, 1.54) is 34.5 Å². The van der Waals surface area contributed by atoms with Crippen LogP contribution in [0.25, 0.3) is 11.0 Å². The highest BCUT2D eigenvalue weighted by molar-refractivity contribution is 14.0.